The van der Waals surface area contributed by atoms with Crippen LogP contribution in [0.4, 0.5) is 0 Å². The van der Waals surface area contributed by atoms with E-state index in [1.165, 1.54) is 10.4 Å². The molecule has 0 saturated heterocycles. The number of nitrogens with one attached hydrogen (secondary N) is 1. The summed E-state index contributed by atoms with van der Waals surface area (Å²) in [5.41, 5.74) is 3.23. The van der Waals surface area contributed by atoms with Crippen molar-refractivity contribution in [2.24, 2.45) is 0 Å². The second-order valence-corrected chi connectivity index (χ2v) is 7.84. The third-order valence-electron chi connectivity index (χ3n) is 5.21. The lowest BCUT2D eigenvalue weighted by atomic mass is 10.0. The second kappa shape index (κ2) is 6.44. The molecule has 0 radical (unpaired) electrons. The molecule has 0 spiro atoms. The average molecular weight is 377 g/mol. The van der Waals surface area contributed by atoms with E-state index in [0.29, 0.717) is 0 Å². The molecular formula is C20H19N5OS. The van der Waals surface area contributed by atoms with Crippen molar-refractivity contribution in [3.8, 4) is 5.69 Å². The second-order valence-electron chi connectivity index (χ2n) is 6.75. The summed E-state index contributed by atoms with van der Waals surface area (Å²) in [5, 5.41) is 8.52. The van der Waals surface area contributed by atoms with Gasteiger partial charge in [-0.3, -0.25) is 9.36 Å². The lowest BCUT2D eigenvalue weighted by Gasteiger charge is -2.19. The molecule has 0 amide bonds. The minimum absolute atomic E-state index is 0.0437. The molecule has 6 nitrogen and oxygen atoms in total. The molecule has 0 saturated carbocycles. The highest BCUT2D eigenvalue weighted by atomic mass is 32.1. The van der Waals surface area contributed by atoms with E-state index in [4.69, 9.17) is 0 Å². The third kappa shape index (κ3) is 2.62. The van der Waals surface area contributed by atoms with E-state index >= 15 is 0 Å². The molecule has 136 valence electrons. The highest BCUT2D eigenvalue weighted by molar-refractivity contribution is 7.18. The molecule has 0 fully saturated rings. The summed E-state index contributed by atoms with van der Waals surface area (Å²) < 4.78 is 3.58. The zero-order chi connectivity index (χ0) is 18.4. The fourth-order valence-corrected chi connectivity index (χ4v) is 4.96. The first-order valence-electron chi connectivity index (χ1n) is 9.05. The van der Waals surface area contributed by atoms with Crippen LogP contribution in [0.1, 0.15) is 29.0 Å². The molecule has 0 aliphatic carbocycles. The Kier molecular flexibility index (Phi) is 3.91. The number of hydrogen-bond donors (Lipinski definition) is 1. The first-order valence-corrected chi connectivity index (χ1v) is 9.86. The van der Waals surface area contributed by atoms with Gasteiger partial charge in [-0.25, -0.2) is 9.67 Å². The van der Waals surface area contributed by atoms with Crippen LogP contribution in [0.5, 0.6) is 0 Å². The van der Waals surface area contributed by atoms with E-state index in [2.05, 4.69) is 15.4 Å². The van der Waals surface area contributed by atoms with Gasteiger partial charge in [0, 0.05) is 29.4 Å². The van der Waals surface area contributed by atoms with Crippen LogP contribution in [0.3, 0.4) is 0 Å². The largest absolute Gasteiger partial charge is 0.312 e. The number of nitrogens with zero attached hydrogens (tertiary/aromatic N) is 4. The van der Waals surface area contributed by atoms with Gasteiger partial charge in [0.05, 0.1) is 23.4 Å². The van der Waals surface area contributed by atoms with Crippen molar-refractivity contribution in [3.63, 3.8) is 0 Å². The van der Waals surface area contributed by atoms with Crippen molar-refractivity contribution in [1.29, 1.82) is 0 Å². The maximum atomic E-state index is 13.4. The molecule has 0 bridgehead atoms. The topological polar surface area (TPSA) is 64.7 Å². The molecule has 1 aliphatic heterocycles. The Morgan fingerprint density at radius 2 is 2.15 bits per heavy atom. The van der Waals surface area contributed by atoms with Crippen molar-refractivity contribution in [3.05, 3.63) is 75.4 Å². The maximum Gasteiger partial charge on any atom is 0.262 e. The van der Waals surface area contributed by atoms with Gasteiger partial charge in [0.2, 0.25) is 0 Å². The van der Waals surface area contributed by atoms with Crippen molar-refractivity contribution in [2.75, 3.05) is 6.54 Å². The van der Waals surface area contributed by atoms with E-state index in [-0.39, 0.29) is 11.6 Å². The number of hydrogen-bond acceptors (Lipinski definition) is 5. The molecule has 1 atom stereocenters. The summed E-state index contributed by atoms with van der Waals surface area (Å²) in [5.74, 6) is 0. The van der Waals surface area contributed by atoms with Gasteiger partial charge < -0.3 is 5.32 Å². The predicted octanol–water partition coefficient (Wildman–Crippen LogP) is 2.90. The molecular weight excluding hydrogens is 358 g/mol. The summed E-state index contributed by atoms with van der Waals surface area (Å²) in [7, 11) is 0. The summed E-state index contributed by atoms with van der Waals surface area (Å²) in [6.07, 6.45) is 6.24. The minimum atomic E-state index is -0.146. The lowest BCUT2D eigenvalue weighted by Crippen LogP contribution is -2.27. The van der Waals surface area contributed by atoms with Crippen molar-refractivity contribution >= 4 is 21.6 Å². The van der Waals surface area contributed by atoms with Gasteiger partial charge in [-0.05, 0) is 37.6 Å². The van der Waals surface area contributed by atoms with Crippen LogP contribution in [-0.4, -0.2) is 25.9 Å². The van der Waals surface area contributed by atoms with E-state index in [1.54, 1.807) is 28.4 Å². The standard InChI is InChI=1S/C20H19N5OS/c1-13(14-5-2-3-6-16(14)25-10-4-8-23-25)24-12-22-19-18(20(24)26)15-7-9-21-11-17(15)27-19/h2-6,8,10,12-13,21H,7,9,11H2,1H3. The van der Waals surface area contributed by atoms with Crippen molar-refractivity contribution < 1.29 is 0 Å². The van der Waals surface area contributed by atoms with Gasteiger partial charge in [0.1, 0.15) is 4.83 Å². The van der Waals surface area contributed by atoms with Gasteiger partial charge in [0.15, 0.2) is 0 Å². The highest BCUT2D eigenvalue weighted by Crippen LogP contribution is 2.31. The summed E-state index contributed by atoms with van der Waals surface area (Å²) in [6.45, 7) is 3.77. The molecule has 1 aromatic carbocycles. The number of aromatic nitrogens is 4. The molecule has 1 unspecified atom stereocenters. The average Bonchev–Trinajstić information content (AvgIpc) is 3.36. The highest BCUT2D eigenvalue weighted by Gasteiger charge is 2.22. The molecule has 4 heterocycles. The Bertz CT molecular complexity index is 1180. The fourth-order valence-electron chi connectivity index (χ4n) is 3.81. The lowest BCUT2D eigenvalue weighted by molar-refractivity contribution is 0.602. The molecule has 4 aromatic rings. The Morgan fingerprint density at radius 1 is 1.26 bits per heavy atom. The smallest absolute Gasteiger partial charge is 0.262 e. The minimum Gasteiger partial charge on any atom is -0.312 e. The normalized spacial score (nSPS) is 15.0. The Labute approximate surface area is 160 Å². The third-order valence-corrected chi connectivity index (χ3v) is 6.35. The molecule has 5 rings (SSSR count). The monoisotopic (exact) mass is 377 g/mol. The number of fused-ring (bicyclic) bond motifs is 3. The zero-order valence-corrected chi connectivity index (χ0v) is 15.7. The fraction of sp³-hybridized carbons (Fsp3) is 0.250. The van der Waals surface area contributed by atoms with Gasteiger partial charge >= 0.3 is 0 Å². The molecule has 27 heavy (non-hydrogen) atoms. The molecule has 3 aromatic heterocycles. The number of rotatable bonds is 3. The molecule has 7 heteroatoms. The molecule has 1 N–H and O–H groups in total. The first kappa shape index (κ1) is 16.4. The van der Waals surface area contributed by atoms with Crippen LogP contribution < -0.4 is 10.9 Å². The van der Waals surface area contributed by atoms with Crippen LogP contribution in [0.2, 0.25) is 0 Å². The van der Waals surface area contributed by atoms with Crippen molar-refractivity contribution in [1.82, 2.24) is 24.6 Å². The van der Waals surface area contributed by atoms with Crippen LogP contribution in [0.25, 0.3) is 15.9 Å². The SMILES string of the molecule is CC(c1ccccc1-n1cccn1)n1cnc2sc3c(c2c1=O)CCNC3. The van der Waals surface area contributed by atoms with E-state index in [0.717, 1.165) is 41.0 Å². The van der Waals surface area contributed by atoms with Crippen LogP contribution >= 0.6 is 11.3 Å². The summed E-state index contributed by atoms with van der Waals surface area (Å²) in [4.78, 5) is 20.1. The Morgan fingerprint density at radius 3 is 3.00 bits per heavy atom. The van der Waals surface area contributed by atoms with E-state index in [1.807, 2.05) is 48.1 Å². The van der Waals surface area contributed by atoms with Crippen LogP contribution in [0, 0.1) is 0 Å². The van der Waals surface area contributed by atoms with Gasteiger partial charge in [-0.1, -0.05) is 18.2 Å². The maximum absolute atomic E-state index is 13.4. The summed E-state index contributed by atoms with van der Waals surface area (Å²) in [6, 6.07) is 9.80. The zero-order valence-electron chi connectivity index (χ0n) is 14.9. The van der Waals surface area contributed by atoms with Crippen LogP contribution in [0.15, 0.2) is 53.8 Å². The first-order chi connectivity index (χ1) is 13.2. The van der Waals surface area contributed by atoms with Crippen LogP contribution in [-0.2, 0) is 13.0 Å². The van der Waals surface area contributed by atoms with Gasteiger partial charge in [-0.2, -0.15) is 5.10 Å². The summed E-state index contributed by atoms with van der Waals surface area (Å²) >= 11 is 1.63. The number of para-hydroxylation sites is 1. The van der Waals surface area contributed by atoms with Gasteiger partial charge in [0.25, 0.3) is 5.56 Å². The Balaban J connectivity index is 1.67. The Hall–Kier alpha value is -2.77. The predicted molar refractivity (Wildman–Crippen MR) is 107 cm³/mol. The number of benzene rings is 1. The van der Waals surface area contributed by atoms with Crippen molar-refractivity contribution in [2.45, 2.75) is 25.9 Å². The van der Waals surface area contributed by atoms with Gasteiger partial charge in [-0.15, -0.1) is 11.3 Å². The molecule has 1 aliphatic rings. The van der Waals surface area contributed by atoms with E-state index < -0.39 is 0 Å². The quantitative estimate of drug-likeness (QED) is 0.596. The number of thiophene rings is 1. The van der Waals surface area contributed by atoms with E-state index in [9.17, 15) is 4.79 Å².